The lowest BCUT2D eigenvalue weighted by Gasteiger charge is -2.22. The number of alkyl halides is 1. The molecule has 2 unspecified atom stereocenters. The zero-order chi connectivity index (χ0) is 16.2. The Labute approximate surface area is 134 Å². The number of fused-ring (bicyclic) bond motifs is 1. The maximum absolute atomic E-state index is 13.4. The maximum Gasteiger partial charge on any atom is 0.226 e. The van der Waals surface area contributed by atoms with Gasteiger partial charge >= 0.3 is 0 Å². The van der Waals surface area contributed by atoms with E-state index in [-0.39, 0.29) is 38.5 Å². The van der Waals surface area contributed by atoms with Crippen LogP contribution in [-0.2, 0) is 4.79 Å². The van der Waals surface area contributed by atoms with Crippen molar-refractivity contribution in [3.05, 3.63) is 42.5 Å². The second-order valence-corrected chi connectivity index (χ2v) is 5.82. The van der Waals surface area contributed by atoms with Crippen LogP contribution in [-0.4, -0.2) is 47.9 Å². The highest BCUT2D eigenvalue weighted by Gasteiger charge is 2.34. The first-order valence-electron chi connectivity index (χ1n) is 7.83. The first-order valence-corrected chi connectivity index (χ1v) is 7.83. The van der Waals surface area contributed by atoms with Crippen molar-refractivity contribution in [1.29, 1.82) is 0 Å². The van der Waals surface area contributed by atoms with E-state index in [0.29, 0.717) is 5.75 Å². The van der Waals surface area contributed by atoms with Gasteiger partial charge in [-0.05, 0) is 22.9 Å². The van der Waals surface area contributed by atoms with Crippen molar-refractivity contribution in [1.82, 2.24) is 4.90 Å². The van der Waals surface area contributed by atoms with Gasteiger partial charge in [0.1, 0.15) is 11.9 Å². The largest absolute Gasteiger partial charge is 0.493 e. The number of aliphatic hydroxyl groups excluding tert-OH is 1. The van der Waals surface area contributed by atoms with Crippen LogP contribution in [0.3, 0.4) is 0 Å². The number of nitrogens with zero attached hydrogens (tertiary/aromatic N) is 1. The minimum atomic E-state index is -1.04. The van der Waals surface area contributed by atoms with E-state index < -0.39 is 12.2 Å². The molecule has 0 aromatic heterocycles. The SMILES string of the molecule is O=C(CCOc1ccc2ccccc2c1)N1CC(F)CC1CO. The van der Waals surface area contributed by atoms with E-state index in [1.165, 1.54) is 4.90 Å². The van der Waals surface area contributed by atoms with E-state index in [4.69, 9.17) is 4.74 Å². The first kappa shape index (κ1) is 15.7. The summed E-state index contributed by atoms with van der Waals surface area (Å²) in [7, 11) is 0. The van der Waals surface area contributed by atoms with E-state index in [1.807, 2.05) is 42.5 Å². The summed E-state index contributed by atoms with van der Waals surface area (Å²) in [5.41, 5.74) is 0. The van der Waals surface area contributed by atoms with Crippen molar-refractivity contribution in [2.24, 2.45) is 0 Å². The van der Waals surface area contributed by atoms with Crippen LogP contribution in [0, 0.1) is 0 Å². The van der Waals surface area contributed by atoms with Gasteiger partial charge in [0.25, 0.3) is 0 Å². The summed E-state index contributed by atoms with van der Waals surface area (Å²) in [6.45, 7) is 0.112. The molecule has 0 spiro atoms. The lowest BCUT2D eigenvalue weighted by molar-refractivity contribution is -0.133. The van der Waals surface area contributed by atoms with Crippen LogP contribution in [0.1, 0.15) is 12.8 Å². The van der Waals surface area contributed by atoms with Gasteiger partial charge in [-0.1, -0.05) is 30.3 Å². The molecule has 0 radical (unpaired) electrons. The number of amides is 1. The fourth-order valence-electron chi connectivity index (χ4n) is 3.00. The maximum atomic E-state index is 13.4. The zero-order valence-electron chi connectivity index (χ0n) is 12.8. The number of benzene rings is 2. The van der Waals surface area contributed by atoms with Gasteiger partial charge in [0, 0.05) is 6.42 Å². The minimum absolute atomic E-state index is 0.0695. The zero-order valence-corrected chi connectivity index (χ0v) is 12.8. The normalized spacial score (nSPS) is 20.9. The smallest absolute Gasteiger partial charge is 0.226 e. The fourth-order valence-corrected chi connectivity index (χ4v) is 3.00. The minimum Gasteiger partial charge on any atom is -0.493 e. The van der Waals surface area contributed by atoms with Gasteiger partial charge in [-0.25, -0.2) is 4.39 Å². The third-order valence-corrected chi connectivity index (χ3v) is 4.20. The van der Waals surface area contributed by atoms with Crippen LogP contribution in [0.2, 0.25) is 0 Å². The number of halogens is 1. The van der Waals surface area contributed by atoms with E-state index in [2.05, 4.69) is 0 Å². The molecule has 1 aliphatic heterocycles. The number of hydrogen-bond acceptors (Lipinski definition) is 3. The Morgan fingerprint density at radius 3 is 2.83 bits per heavy atom. The Balaban J connectivity index is 1.55. The lowest BCUT2D eigenvalue weighted by atomic mass is 10.1. The molecule has 2 aromatic carbocycles. The molecule has 2 aromatic rings. The number of aliphatic hydroxyl groups is 1. The number of rotatable bonds is 5. The van der Waals surface area contributed by atoms with Gasteiger partial charge in [0.05, 0.1) is 32.2 Å². The second kappa shape index (κ2) is 6.96. The van der Waals surface area contributed by atoms with Gasteiger partial charge in [0.2, 0.25) is 5.91 Å². The molecular formula is C18H20FNO3. The standard InChI is InChI=1S/C18H20FNO3/c19-15-10-16(12-21)20(11-15)18(22)7-8-23-17-6-5-13-3-1-2-4-14(13)9-17/h1-6,9,15-16,21H,7-8,10-12H2. The van der Waals surface area contributed by atoms with Crippen molar-refractivity contribution < 1.29 is 19.0 Å². The van der Waals surface area contributed by atoms with Gasteiger partial charge < -0.3 is 14.7 Å². The number of likely N-dealkylation sites (tertiary alicyclic amines) is 1. The highest BCUT2D eigenvalue weighted by molar-refractivity contribution is 5.83. The Morgan fingerprint density at radius 2 is 2.04 bits per heavy atom. The molecule has 122 valence electrons. The second-order valence-electron chi connectivity index (χ2n) is 5.82. The summed E-state index contributed by atoms with van der Waals surface area (Å²) < 4.78 is 19.0. The predicted molar refractivity (Wildman–Crippen MR) is 86.2 cm³/mol. The highest BCUT2D eigenvalue weighted by Crippen LogP contribution is 2.22. The van der Waals surface area contributed by atoms with Crippen molar-refractivity contribution in [2.75, 3.05) is 19.8 Å². The van der Waals surface area contributed by atoms with Crippen molar-refractivity contribution in [2.45, 2.75) is 25.1 Å². The molecule has 1 saturated heterocycles. The number of carbonyl (C=O) groups is 1. The Hall–Kier alpha value is -2.14. The van der Waals surface area contributed by atoms with Gasteiger partial charge in [0.15, 0.2) is 0 Å². The number of carbonyl (C=O) groups excluding carboxylic acids is 1. The van der Waals surface area contributed by atoms with E-state index in [9.17, 15) is 14.3 Å². The molecule has 0 aliphatic carbocycles. The molecule has 1 heterocycles. The molecule has 5 heteroatoms. The molecule has 3 rings (SSSR count). The Bertz CT molecular complexity index is 691. The van der Waals surface area contributed by atoms with Gasteiger partial charge in [-0.2, -0.15) is 0 Å². The molecule has 23 heavy (non-hydrogen) atoms. The summed E-state index contributed by atoms with van der Waals surface area (Å²) in [4.78, 5) is 13.6. The van der Waals surface area contributed by atoms with Crippen molar-refractivity contribution in [3.8, 4) is 5.75 Å². The summed E-state index contributed by atoms with van der Waals surface area (Å²) in [6, 6.07) is 13.4. The topological polar surface area (TPSA) is 49.8 Å². The molecule has 0 saturated carbocycles. The average Bonchev–Trinajstić information content (AvgIpc) is 2.96. The molecule has 1 amide bonds. The number of hydrogen-bond donors (Lipinski definition) is 1. The number of ether oxygens (including phenoxy) is 1. The molecule has 2 atom stereocenters. The van der Waals surface area contributed by atoms with E-state index in [1.54, 1.807) is 0 Å². The van der Waals surface area contributed by atoms with Gasteiger partial charge in [-0.15, -0.1) is 0 Å². The highest BCUT2D eigenvalue weighted by atomic mass is 19.1. The molecule has 1 aliphatic rings. The van der Waals surface area contributed by atoms with Crippen LogP contribution in [0.25, 0.3) is 10.8 Å². The molecule has 4 nitrogen and oxygen atoms in total. The van der Waals surface area contributed by atoms with Gasteiger partial charge in [-0.3, -0.25) is 4.79 Å². The molecule has 0 bridgehead atoms. The van der Waals surface area contributed by atoms with Crippen LogP contribution in [0.4, 0.5) is 4.39 Å². The molecular weight excluding hydrogens is 297 g/mol. The van der Waals surface area contributed by atoms with E-state index in [0.717, 1.165) is 10.8 Å². The molecule has 1 N–H and O–H groups in total. The van der Waals surface area contributed by atoms with E-state index >= 15 is 0 Å². The lowest BCUT2D eigenvalue weighted by Crippen LogP contribution is -2.38. The quantitative estimate of drug-likeness (QED) is 0.922. The fraction of sp³-hybridized carbons (Fsp3) is 0.389. The molecule has 1 fully saturated rings. The van der Waals surface area contributed by atoms with Crippen molar-refractivity contribution >= 4 is 16.7 Å². The summed E-state index contributed by atoms with van der Waals surface area (Å²) in [5, 5.41) is 11.4. The average molecular weight is 317 g/mol. The Morgan fingerprint density at radius 1 is 1.26 bits per heavy atom. The van der Waals surface area contributed by atoms with Crippen molar-refractivity contribution in [3.63, 3.8) is 0 Å². The summed E-state index contributed by atoms with van der Waals surface area (Å²) in [5.74, 6) is 0.532. The third-order valence-electron chi connectivity index (χ3n) is 4.20. The van der Waals surface area contributed by atoms with Crippen LogP contribution in [0.15, 0.2) is 42.5 Å². The Kier molecular flexibility index (Phi) is 4.76. The van der Waals surface area contributed by atoms with Crippen LogP contribution < -0.4 is 4.74 Å². The monoisotopic (exact) mass is 317 g/mol. The van der Waals surface area contributed by atoms with Crippen LogP contribution >= 0.6 is 0 Å². The third kappa shape index (κ3) is 3.62. The predicted octanol–water partition coefficient (Wildman–Crippen LogP) is 2.54. The first-order chi connectivity index (χ1) is 11.2. The van der Waals surface area contributed by atoms with Crippen LogP contribution in [0.5, 0.6) is 5.75 Å². The summed E-state index contributed by atoms with van der Waals surface area (Å²) in [6.07, 6.45) is -0.651. The summed E-state index contributed by atoms with van der Waals surface area (Å²) >= 11 is 0.